The molecule has 0 bridgehead atoms. The van der Waals surface area contributed by atoms with Crippen LogP contribution < -0.4 is 0 Å². The highest BCUT2D eigenvalue weighted by molar-refractivity contribution is 5.58. The zero-order valence-electron chi connectivity index (χ0n) is 7.26. The van der Waals surface area contributed by atoms with Gasteiger partial charge in [0.1, 0.15) is 5.82 Å². The number of nitrogens with zero attached hydrogens (tertiary/aromatic N) is 2. The van der Waals surface area contributed by atoms with Crippen molar-refractivity contribution in [2.24, 2.45) is 9.98 Å². The summed E-state index contributed by atoms with van der Waals surface area (Å²) in [6.07, 6.45) is 3.32. The van der Waals surface area contributed by atoms with Gasteiger partial charge in [-0.25, -0.2) is 9.98 Å². The quantitative estimate of drug-likeness (QED) is 0.527. The molecule has 0 aliphatic heterocycles. The highest BCUT2D eigenvalue weighted by Crippen LogP contribution is 1.89. The van der Waals surface area contributed by atoms with Crippen molar-refractivity contribution < 1.29 is 0 Å². The second-order valence-electron chi connectivity index (χ2n) is 1.19. The van der Waals surface area contributed by atoms with Gasteiger partial charge in [-0.05, 0) is 13.8 Å². The van der Waals surface area contributed by atoms with E-state index in [1.165, 1.54) is 0 Å². The molecule has 2 nitrogen and oxygen atoms in total. The number of rotatable bonds is 2. The van der Waals surface area contributed by atoms with Gasteiger partial charge in [0.2, 0.25) is 0 Å². The lowest BCUT2D eigenvalue weighted by Crippen LogP contribution is -1.68. The van der Waals surface area contributed by atoms with Crippen molar-refractivity contribution in [3.8, 4) is 0 Å². The minimum atomic E-state index is 0.551. The van der Waals surface area contributed by atoms with E-state index < -0.39 is 0 Å². The second kappa shape index (κ2) is 11.0. The molecule has 0 saturated heterocycles. The van der Waals surface area contributed by atoms with Gasteiger partial charge in [-0.2, -0.15) is 0 Å². The first-order valence-corrected chi connectivity index (χ1v) is 3.47. The summed E-state index contributed by atoms with van der Waals surface area (Å²) >= 11 is 0. The Morgan fingerprint density at radius 3 is 1.60 bits per heavy atom. The summed E-state index contributed by atoms with van der Waals surface area (Å²) < 4.78 is 0. The molecule has 0 amide bonds. The Labute approximate surface area is 63.4 Å². The average molecular weight is 140 g/mol. The van der Waals surface area contributed by atoms with Crippen LogP contribution >= 0.6 is 0 Å². The van der Waals surface area contributed by atoms with E-state index in [1.807, 2.05) is 27.7 Å². The topological polar surface area (TPSA) is 24.7 Å². The minimum absolute atomic E-state index is 0.551. The van der Waals surface area contributed by atoms with Crippen molar-refractivity contribution in [3.05, 3.63) is 12.4 Å². The molecule has 0 aromatic carbocycles. The van der Waals surface area contributed by atoms with Gasteiger partial charge in [0.25, 0.3) is 0 Å². The largest absolute Gasteiger partial charge is 0.243 e. The Balaban J connectivity index is 0. The molecular weight excluding hydrogens is 124 g/mol. The zero-order chi connectivity index (χ0) is 8.41. The molecule has 0 aromatic rings. The maximum atomic E-state index is 3.80. The molecule has 0 aliphatic rings. The number of hydrogen-bond donors (Lipinski definition) is 0. The van der Waals surface area contributed by atoms with Crippen molar-refractivity contribution in [3.63, 3.8) is 0 Å². The van der Waals surface area contributed by atoms with E-state index in [1.54, 1.807) is 12.4 Å². The summed E-state index contributed by atoms with van der Waals surface area (Å²) in [5.41, 5.74) is 0. The first-order valence-electron chi connectivity index (χ1n) is 3.47. The van der Waals surface area contributed by atoms with Crippen molar-refractivity contribution in [2.75, 3.05) is 0 Å². The van der Waals surface area contributed by atoms with E-state index in [2.05, 4.69) is 16.6 Å². The molecule has 0 fully saturated rings. The van der Waals surface area contributed by atoms with E-state index in [4.69, 9.17) is 0 Å². The monoisotopic (exact) mass is 140 g/mol. The van der Waals surface area contributed by atoms with Gasteiger partial charge in [-0.15, -0.1) is 0 Å². The SMILES string of the molecule is C=C(/N=C\C)/N=C\C.CC. The fourth-order valence-electron chi connectivity index (χ4n) is 0.331. The molecule has 58 valence electrons. The van der Waals surface area contributed by atoms with Gasteiger partial charge in [0.15, 0.2) is 0 Å². The van der Waals surface area contributed by atoms with Crippen LogP contribution in [0.3, 0.4) is 0 Å². The molecule has 0 saturated carbocycles. The maximum absolute atomic E-state index is 3.80. The van der Waals surface area contributed by atoms with Gasteiger partial charge in [-0.3, -0.25) is 0 Å². The molecular formula is C8H16N2. The smallest absolute Gasteiger partial charge is 0.143 e. The Morgan fingerprint density at radius 2 is 1.40 bits per heavy atom. The highest BCUT2D eigenvalue weighted by atomic mass is 14.9. The predicted molar refractivity (Wildman–Crippen MR) is 48.8 cm³/mol. The molecule has 0 rings (SSSR count). The van der Waals surface area contributed by atoms with Gasteiger partial charge in [-0.1, -0.05) is 20.4 Å². The molecule has 10 heavy (non-hydrogen) atoms. The summed E-state index contributed by atoms with van der Waals surface area (Å²) in [4.78, 5) is 7.59. The van der Waals surface area contributed by atoms with Crippen LogP contribution in [-0.2, 0) is 0 Å². The normalized spacial score (nSPS) is 9.60. The van der Waals surface area contributed by atoms with E-state index >= 15 is 0 Å². The fraction of sp³-hybridized carbons (Fsp3) is 0.500. The van der Waals surface area contributed by atoms with Gasteiger partial charge < -0.3 is 0 Å². The van der Waals surface area contributed by atoms with Crippen LogP contribution in [0.25, 0.3) is 0 Å². The summed E-state index contributed by atoms with van der Waals surface area (Å²) in [6.45, 7) is 11.2. The van der Waals surface area contributed by atoms with E-state index in [0.29, 0.717) is 5.82 Å². The molecule has 0 aromatic heterocycles. The Hall–Kier alpha value is -0.920. The van der Waals surface area contributed by atoms with Crippen molar-refractivity contribution >= 4 is 12.4 Å². The van der Waals surface area contributed by atoms with Crippen LogP contribution in [0.2, 0.25) is 0 Å². The van der Waals surface area contributed by atoms with Gasteiger partial charge in [0.05, 0.1) is 0 Å². The highest BCUT2D eigenvalue weighted by Gasteiger charge is 1.73. The Morgan fingerprint density at radius 1 is 1.10 bits per heavy atom. The van der Waals surface area contributed by atoms with Crippen LogP contribution in [0.4, 0.5) is 0 Å². The third kappa shape index (κ3) is 10.1. The molecule has 0 radical (unpaired) electrons. The van der Waals surface area contributed by atoms with Gasteiger partial charge in [0, 0.05) is 12.4 Å². The number of aliphatic imine (C=N–C) groups is 2. The lowest BCUT2D eigenvalue weighted by atomic mass is 10.7. The Bertz CT molecular complexity index is 109. The lowest BCUT2D eigenvalue weighted by molar-refractivity contribution is 1.27. The molecule has 0 N–H and O–H groups in total. The van der Waals surface area contributed by atoms with Crippen LogP contribution in [0.15, 0.2) is 22.4 Å². The maximum Gasteiger partial charge on any atom is 0.143 e. The standard InChI is InChI=1S/C6H10N2.C2H6/c1-4-7-6(3)8-5-2;1-2/h4-5H,3H2,1-2H3;1-2H3/b7-4-,8-5-;. The zero-order valence-corrected chi connectivity index (χ0v) is 7.26. The van der Waals surface area contributed by atoms with Crippen LogP contribution in [0, 0.1) is 0 Å². The molecule has 0 heterocycles. The minimum Gasteiger partial charge on any atom is -0.243 e. The third-order valence-electron chi connectivity index (χ3n) is 0.556. The van der Waals surface area contributed by atoms with E-state index in [0.717, 1.165) is 0 Å². The summed E-state index contributed by atoms with van der Waals surface area (Å²) in [5.74, 6) is 0.551. The fourth-order valence-corrected chi connectivity index (χ4v) is 0.331. The molecule has 0 spiro atoms. The average Bonchev–Trinajstić information content (AvgIpc) is 1.93. The summed E-state index contributed by atoms with van der Waals surface area (Å²) in [6, 6.07) is 0. The van der Waals surface area contributed by atoms with Crippen LogP contribution in [0.5, 0.6) is 0 Å². The van der Waals surface area contributed by atoms with E-state index in [9.17, 15) is 0 Å². The van der Waals surface area contributed by atoms with Crippen molar-refractivity contribution in [2.45, 2.75) is 27.7 Å². The molecule has 0 aliphatic carbocycles. The summed E-state index contributed by atoms with van der Waals surface area (Å²) in [5, 5.41) is 0. The first-order chi connectivity index (χ1) is 4.81. The van der Waals surface area contributed by atoms with Crippen molar-refractivity contribution in [1.82, 2.24) is 0 Å². The van der Waals surface area contributed by atoms with Crippen LogP contribution in [-0.4, -0.2) is 12.4 Å². The van der Waals surface area contributed by atoms with Crippen LogP contribution in [0.1, 0.15) is 27.7 Å². The van der Waals surface area contributed by atoms with Gasteiger partial charge >= 0.3 is 0 Å². The van der Waals surface area contributed by atoms with Crippen molar-refractivity contribution in [1.29, 1.82) is 0 Å². The molecule has 2 heteroatoms. The third-order valence-corrected chi connectivity index (χ3v) is 0.556. The predicted octanol–water partition coefficient (Wildman–Crippen LogP) is 2.67. The lowest BCUT2D eigenvalue weighted by Gasteiger charge is -1.82. The van der Waals surface area contributed by atoms with E-state index in [-0.39, 0.29) is 0 Å². The second-order valence-corrected chi connectivity index (χ2v) is 1.19. The number of hydrogen-bond acceptors (Lipinski definition) is 2. The molecule has 0 atom stereocenters. The first kappa shape index (κ1) is 11.8. The summed E-state index contributed by atoms with van der Waals surface area (Å²) in [7, 11) is 0. The Kier molecular flexibility index (Phi) is 13.0. The molecule has 0 unspecified atom stereocenters.